The van der Waals surface area contributed by atoms with Crippen molar-refractivity contribution in [2.75, 3.05) is 14.1 Å². The third kappa shape index (κ3) is 2.06. The van der Waals surface area contributed by atoms with Crippen molar-refractivity contribution in [2.24, 2.45) is 5.84 Å². The zero-order valence-corrected chi connectivity index (χ0v) is 7.88. The summed E-state index contributed by atoms with van der Waals surface area (Å²) in [5.41, 5.74) is 0. The summed E-state index contributed by atoms with van der Waals surface area (Å²) in [6.07, 6.45) is 1.51. The Bertz CT molecular complexity index is 114. The minimum absolute atomic E-state index is 1.41. The van der Waals surface area contributed by atoms with Crippen LogP contribution in [0.25, 0.3) is 0 Å². The number of hydrogen-bond acceptors (Lipinski definition) is 5. The zero-order valence-electron chi connectivity index (χ0n) is 6.16. The number of hydrogen-bond donors (Lipinski definition) is 4. The van der Waals surface area contributed by atoms with Crippen molar-refractivity contribution in [3.05, 3.63) is 12.8 Å². The van der Waals surface area contributed by atoms with Crippen LogP contribution < -0.4 is 15.3 Å². The average Bonchev–Trinajstić information content (AvgIpc) is 2.01. The first-order valence-electron chi connectivity index (χ1n) is 2.70. The Morgan fingerprint density at radius 1 is 1.60 bits per heavy atom. The van der Waals surface area contributed by atoms with Gasteiger partial charge in [-0.25, -0.2) is 19.7 Å². The molecule has 0 aromatic heterocycles. The minimum atomic E-state index is -1.56. The highest BCUT2D eigenvalue weighted by atomic mass is 33.1. The third-order valence-corrected chi connectivity index (χ3v) is 4.61. The maximum atomic E-state index is 5.52. The van der Waals surface area contributed by atoms with E-state index in [0.29, 0.717) is 0 Å². The lowest BCUT2D eigenvalue weighted by atomic mass is 11.1. The van der Waals surface area contributed by atoms with E-state index >= 15 is 0 Å². The third-order valence-electron chi connectivity index (χ3n) is 1.05. The molecule has 4 nitrogen and oxygen atoms in total. The molecule has 0 amide bonds. The minimum Gasteiger partial charge on any atom is -0.248 e. The molecule has 0 rings (SSSR count). The average molecular weight is 182 g/mol. The van der Waals surface area contributed by atoms with E-state index in [1.54, 1.807) is 14.1 Å². The van der Waals surface area contributed by atoms with Gasteiger partial charge in [0, 0.05) is 15.8 Å². The molecule has 0 heterocycles. The fourth-order valence-electron chi connectivity index (χ4n) is 0.421. The fourth-order valence-corrected chi connectivity index (χ4v) is 1.46. The highest BCUT2D eigenvalue weighted by Gasteiger charge is 2.17. The van der Waals surface area contributed by atoms with Crippen molar-refractivity contribution in [2.45, 2.75) is 0 Å². The molecule has 0 aliphatic carbocycles. The highest BCUT2D eigenvalue weighted by Crippen LogP contribution is 2.44. The van der Waals surface area contributed by atoms with Gasteiger partial charge >= 0.3 is 0 Å². The van der Waals surface area contributed by atoms with Crippen molar-refractivity contribution < 1.29 is 0 Å². The van der Waals surface area contributed by atoms with Crippen LogP contribution in [0.3, 0.4) is 0 Å². The van der Waals surface area contributed by atoms with E-state index in [-0.39, 0.29) is 0 Å². The van der Waals surface area contributed by atoms with Gasteiger partial charge in [0.1, 0.15) is 0 Å². The normalized spacial score (nSPS) is 12.8. The molecule has 0 bridgehead atoms. The molecule has 0 radical (unpaired) electrons. The fraction of sp³-hybridized carbons (Fsp3) is 0.500. The lowest BCUT2D eigenvalue weighted by Crippen LogP contribution is -2.39. The van der Waals surface area contributed by atoms with Gasteiger partial charge in [-0.2, -0.15) is 0 Å². The predicted molar refractivity (Wildman–Crippen MR) is 50.9 cm³/mol. The number of nitrogens with zero attached hydrogens (tertiary/aromatic N) is 1. The lowest BCUT2D eigenvalue weighted by Gasteiger charge is -2.39. The van der Waals surface area contributed by atoms with E-state index in [2.05, 4.69) is 27.7 Å². The van der Waals surface area contributed by atoms with Gasteiger partial charge in [-0.15, -0.1) is 0 Å². The zero-order chi connectivity index (χ0) is 8.20. The molecule has 10 heavy (non-hydrogen) atoms. The molecular weight excluding hydrogens is 168 g/mol. The molecule has 0 saturated heterocycles. The topological polar surface area (TPSA) is 53.3 Å². The molecule has 0 spiro atoms. The van der Waals surface area contributed by atoms with Crippen LogP contribution in [0.5, 0.6) is 0 Å². The number of thiol groups is 1. The van der Waals surface area contributed by atoms with E-state index < -0.39 is 9.62 Å². The molecular formula is C4H14N4S2. The smallest absolute Gasteiger partial charge is 0.0227 e. The summed E-state index contributed by atoms with van der Waals surface area (Å²) >= 11 is 4.28. The predicted octanol–water partition coefficient (Wildman–Crippen LogP) is 0.139. The van der Waals surface area contributed by atoms with E-state index in [0.717, 1.165) is 0 Å². The molecule has 0 saturated carbocycles. The largest absolute Gasteiger partial charge is 0.248 e. The van der Waals surface area contributed by atoms with Crippen molar-refractivity contribution in [1.29, 1.82) is 0 Å². The number of nitrogens with two attached hydrogens (primary N) is 1. The van der Waals surface area contributed by atoms with Crippen molar-refractivity contribution in [1.82, 2.24) is 13.9 Å². The Kier molecular flexibility index (Phi) is 4.14. The maximum absolute atomic E-state index is 5.52. The Labute approximate surface area is 68.3 Å². The van der Waals surface area contributed by atoms with Crippen LogP contribution in [0.15, 0.2) is 12.8 Å². The molecule has 0 fully saturated rings. The van der Waals surface area contributed by atoms with Crippen molar-refractivity contribution in [3.63, 3.8) is 0 Å². The summed E-state index contributed by atoms with van der Waals surface area (Å²) in [6, 6.07) is 0. The Hall–Kier alpha value is 0.120. The summed E-state index contributed by atoms with van der Waals surface area (Å²) in [4.78, 5) is 0. The van der Waals surface area contributed by atoms with Gasteiger partial charge in [-0.05, 0) is 14.1 Å². The molecule has 4 N–H and O–H groups in total. The molecule has 0 unspecified atom stereocenters. The van der Waals surface area contributed by atoms with Gasteiger partial charge in [0.25, 0.3) is 0 Å². The summed E-state index contributed by atoms with van der Waals surface area (Å²) in [6.45, 7) is 3.52. The van der Waals surface area contributed by atoms with Gasteiger partial charge in [-0.3, -0.25) is 0 Å². The summed E-state index contributed by atoms with van der Waals surface area (Å²) in [7, 11) is 2.00. The first kappa shape index (κ1) is 10.1. The molecule has 0 aliphatic heterocycles. The summed E-state index contributed by atoms with van der Waals surface area (Å²) in [5, 5.41) is 0. The van der Waals surface area contributed by atoms with Gasteiger partial charge in [0.2, 0.25) is 0 Å². The Balaban J connectivity index is 4.15. The maximum Gasteiger partial charge on any atom is 0.0227 e. The van der Waals surface area contributed by atoms with E-state index in [9.17, 15) is 0 Å². The molecule has 62 valence electrons. The van der Waals surface area contributed by atoms with Gasteiger partial charge in [-0.1, -0.05) is 18.2 Å². The second-order valence-corrected chi connectivity index (χ2v) is 5.42. The van der Waals surface area contributed by atoms with Crippen LogP contribution in [0.2, 0.25) is 0 Å². The first-order valence-corrected chi connectivity index (χ1v) is 5.34. The van der Waals surface area contributed by atoms with E-state index in [1.807, 2.05) is 0 Å². The Morgan fingerprint density at radius 2 is 2.00 bits per heavy atom. The lowest BCUT2D eigenvalue weighted by molar-refractivity contribution is 0.646. The van der Waals surface area contributed by atoms with E-state index in [1.165, 1.54) is 10.6 Å². The standard InChI is InChI=1S/C4H14N4S2/c1-4-8(5)10(9,6-2)7-3/h4,6-7,9H,1,5H2,2-3H3. The first-order chi connectivity index (χ1) is 4.60. The van der Waals surface area contributed by atoms with Gasteiger partial charge in [0.15, 0.2) is 0 Å². The van der Waals surface area contributed by atoms with Crippen LogP contribution in [0.1, 0.15) is 0 Å². The molecule has 0 atom stereocenters. The second-order valence-electron chi connectivity index (χ2n) is 1.50. The number of rotatable bonds is 4. The van der Waals surface area contributed by atoms with Crippen LogP contribution in [0.4, 0.5) is 0 Å². The quantitative estimate of drug-likeness (QED) is 0.216. The number of nitrogens with one attached hydrogen (secondary N) is 2. The van der Waals surface area contributed by atoms with Crippen molar-refractivity contribution >= 4 is 21.3 Å². The van der Waals surface area contributed by atoms with Crippen molar-refractivity contribution in [3.8, 4) is 0 Å². The second kappa shape index (κ2) is 4.09. The van der Waals surface area contributed by atoms with Gasteiger partial charge < -0.3 is 0 Å². The van der Waals surface area contributed by atoms with Crippen LogP contribution in [0, 0.1) is 0 Å². The highest BCUT2D eigenvalue weighted by molar-refractivity contribution is 8.85. The SMILES string of the molecule is C=CN(N)S(S)(NC)NC. The molecule has 6 heteroatoms. The van der Waals surface area contributed by atoms with E-state index in [4.69, 9.17) is 5.84 Å². The Morgan fingerprint density at radius 3 is 2.10 bits per heavy atom. The van der Waals surface area contributed by atoms with Crippen LogP contribution >= 0.6 is 21.3 Å². The van der Waals surface area contributed by atoms with Crippen LogP contribution in [-0.2, 0) is 0 Å². The molecule has 0 aliphatic rings. The number of hydrazine groups is 1. The molecule has 0 aromatic rings. The monoisotopic (exact) mass is 182 g/mol. The molecule has 0 aromatic carbocycles. The van der Waals surface area contributed by atoms with Gasteiger partial charge in [0.05, 0.1) is 0 Å². The van der Waals surface area contributed by atoms with Crippen LogP contribution in [-0.4, -0.2) is 18.5 Å². The summed E-state index contributed by atoms with van der Waals surface area (Å²) < 4.78 is 7.30. The summed E-state index contributed by atoms with van der Waals surface area (Å²) in [5.74, 6) is 5.52.